The van der Waals surface area contributed by atoms with Gasteiger partial charge in [0.15, 0.2) is 5.60 Å². The molecular formula is C13H21N5O. The summed E-state index contributed by atoms with van der Waals surface area (Å²) in [7, 11) is 3.94. The Bertz CT molecular complexity index is 500. The topological polar surface area (TPSA) is 62.6 Å². The largest absolute Gasteiger partial charge is 0.387 e. The summed E-state index contributed by atoms with van der Waals surface area (Å²) in [6.07, 6.45) is 2.65. The Hall–Kier alpha value is -1.85. The minimum atomic E-state index is -0.309. The molecule has 1 aromatic rings. The van der Waals surface area contributed by atoms with Gasteiger partial charge in [-0.05, 0) is 20.8 Å². The highest BCUT2D eigenvalue weighted by Gasteiger charge is 2.32. The molecule has 0 saturated heterocycles. The number of rotatable bonds is 4. The van der Waals surface area contributed by atoms with Gasteiger partial charge in [0, 0.05) is 32.3 Å². The zero-order valence-electron chi connectivity index (χ0n) is 12.2. The van der Waals surface area contributed by atoms with E-state index < -0.39 is 0 Å². The number of nitrogens with zero attached hydrogens (tertiary/aromatic N) is 4. The van der Waals surface area contributed by atoms with Crippen LogP contribution >= 0.6 is 0 Å². The van der Waals surface area contributed by atoms with Crippen LogP contribution < -0.4 is 10.2 Å². The van der Waals surface area contributed by atoms with Crippen LogP contribution in [0.2, 0.25) is 0 Å². The number of oxime groups is 1. The number of aromatic nitrogens is 2. The molecule has 0 aromatic carbocycles. The third-order valence-corrected chi connectivity index (χ3v) is 3.04. The van der Waals surface area contributed by atoms with Crippen molar-refractivity contribution in [2.75, 3.05) is 30.9 Å². The summed E-state index contributed by atoms with van der Waals surface area (Å²) in [6, 6.07) is 0. The van der Waals surface area contributed by atoms with E-state index in [9.17, 15) is 0 Å². The fraction of sp³-hybridized carbons (Fsp3) is 0.615. The van der Waals surface area contributed by atoms with Crippen molar-refractivity contribution < 1.29 is 4.84 Å². The molecule has 1 N–H and O–H groups in total. The molecule has 2 heterocycles. The normalized spacial score (nSPS) is 21.8. The number of hydrogen-bond donors (Lipinski definition) is 1. The minimum absolute atomic E-state index is 0.309. The SMILES string of the molecule is CC1=NO[C@@](C)(CNc2ncc(C)c(N(C)C)n2)C1. The number of hydrogen-bond acceptors (Lipinski definition) is 6. The molecule has 1 aromatic heterocycles. The van der Waals surface area contributed by atoms with Crippen molar-refractivity contribution in [3.05, 3.63) is 11.8 Å². The van der Waals surface area contributed by atoms with Crippen molar-refractivity contribution in [3.8, 4) is 0 Å². The summed E-state index contributed by atoms with van der Waals surface area (Å²) < 4.78 is 0. The first-order valence-corrected chi connectivity index (χ1v) is 6.36. The highest BCUT2D eigenvalue weighted by molar-refractivity contribution is 5.83. The molecule has 0 radical (unpaired) electrons. The number of anilines is 2. The standard InChI is InChI=1S/C13H21N5O/c1-9-7-14-12(16-11(9)18(4)5)15-8-13(3)6-10(2)17-19-13/h7H,6,8H2,1-5H3,(H,14,15,16)/t13-/m1/s1. The van der Waals surface area contributed by atoms with Gasteiger partial charge in [0.25, 0.3) is 0 Å². The van der Waals surface area contributed by atoms with Gasteiger partial charge in [0.2, 0.25) is 5.95 Å². The summed E-state index contributed by atoms with van der Waals surface area (Å²) in [5, 5.41) is 7.21. The molecule has 0 aliphatic carbocycles. The lowest BCUT2D eigenvalue weighted by Crippen LogP contribution is -2.34. The average molecular weight is 263 g/mol. The lowest BCUT2D eigenvalue weighted by atomic mass is 10.0. The molecule has 19 heavy (non-hydrogen) atoms. The van der Waals surface area contributed by atoms with Gasteiger partial charge in [-0.25, -0.2) is 4.98 Å². The van der Waals surface area contributed by atoms with Crippen LogP contribution in [-0.2, 0) is 4.84 Å². The molecule has 1 aliphatic heterocycles. The van der Waals surface area contributed by atoms with Crippen molar-refractivity contribution in [2.24, 2.45) is 5.16 Å². The summed E-state index contributed by atoms with van der Waals surface area (Å²) in [4.78, 5) is 16.2. The van der Waals surface area contributed by atoms with Crippen molar-refractivity contribution in [1.29, 1.82) is 0 Å². The van der Waals surface area contributed by atoms with E-state index in [1.165, 1.54) is 0 Å². The molecule has 0 amide bonds. The van der Waals surface area contributed by atoms with Gasteiger partial charge in [-0.15, -0.1) is 0 Å². The predicted molar refractivity (Wildman–Crippen MR) is 76.8 cm³/mol. The lowest BCUT2D eigenvalue weighted by molar-refractivity contribution is 0.00740. The second kappa shape index (κ2) is 5.03. The zero-order valence-corrected chi connectivity index (χ0v) is 12.2. The molecule has 0 spiro atoms. The van der Waals surface area contributed by atoms with Gasteiger partial charge in [-0.2, -0.15) is 4.98 Å². The molecule has 0 bridgehead atoms. The summed E-state index contributed by atoms with van der Waals surface area (Å²) >= 11 is 0. The second-order valence-electron chi connectivity index (χ2n) is 5.49. The van der Waals surface area contributed by atoms with Crippen molar-refractivity contribution >= 4 is 17.5 Å². The Labute approximate surface area is 113 Å². The number of nitrogens with one attached hydrogen (secondary N) is 1. The quantitative estimate of drug-likeness (QED) is 0.897. The Morgan fingerprint density at radius 3 is 2.74 bits per heavy atom. The molecule has 104 valence electrons. The monoisotopic (exact) mass is 263 g/mol. The minimum Gasteiger partial charge on any atom is -0.387 e. The predicted octanol–water partition coefficient (Wildman–Crippen LogP) is 1.82. The third kappa shape index (κ3) is 3.13. The van der Waals surface area contributed by atoms with Crippen molar-refractivity contribution in [3.63, 3.8) is 0 Å². The molecule has 0 saturated carbocycles. The van der Waals surface area contributed by atoms with Gasteiger partial charge in [0.1, 0.15) is 5.82 Å². The van der Waals surface area contributed by atoms with E-state index in [0.29, 0.717) is 12.5 Å². The first-order chi connectivity index (χ1) is 8.89. The van der Waals surface area contributed by atoms with Crippen LogP contribution in [0.4, 0.5) is 11.8 Å². The Kier molecular flexibility index (Phi) is 3.59. The Morgan fingerprint density at radius 1 is 1.42 bits per heavy atom. The van der Waals surface area contributed by atoms with Gasteiger partial charge in [-0.1, -0.05) is 5.16 Å². The fourth-order valence-electron chi connectivity index (χ4n) is 2.13. The van der Waals surface area contributed by atoms with Gasteiger partial charge in [-0.3, -0.25) is 0 Å². The summed E-state index contributed by atoms with van der Waals surface area (Å²) in [6.45, 7) is 6.63. The summed E-state index contributed by atoms with van der Waals surface area (Å²) in [5.41, 5.74) is 1.76. The van der Waals surface area contributed by atoms with E-state index in [1.54, 1.807) is 0 Å². The van der Waals surface area contributed by atoms with Gasteiger partial charge in [0.05, 0.1) is 12.3 Å². The highest BCUT2D eigenvalue weighted by atomic mass is 16.7. The lowest BCUT2D eigenvalue weighted by Gasteiger charge is -2.22. The summed E-state index contributed by atoms with van der Waals surface area (Å²) in [5.74, 6) is 1.53. The van der Waals surface area contributed by atoms with Gasteiger partial charge >= 0.3 is 0 Å². The fourth-order valence-corrected chi connectivity index (χ4v) is 2.13. The molecular weight excluding hydrogens is 242 g/mol. The van der Waals surface area contributed by atoms with E-state index in [2.05, 4.69) is 20.4 Å². The third-order valence-electron chi connectivity index (χ3n) is 3.04. The molecule has 0 fully saturated rings. The average Bonchev–Trinajstić information content (AvgIpc) is 2.68. The molecule has 0 unspecified atom stereocenters. The smallest absolute Gasteiger partial charge is 0.224 e. The maximum atomic E-state index is 5.44. The maximum Gasteiger partial charge on any atom is 0.224 e. The van der Waals surface area contributed by atoms with E-state index in [0.717, 1.165) is 23.5 Å². The van der Waals surface area contributed by atoms with Crippen molar-refractivity contribution in [1.82, 2.24) is 9.97 Å². The van der Waals surface area contributed by atoms with Crippen LogP contribution in [0.15, 0.2) is 11.4 Å². The van der Waals surface area contributed by atoms with E-state index in [1.807, 2.05) is 46.0 Å². The zero-order chi connectivity index (χ0) is 14.0. The second-order valence-corrected chi connectivity index (χ2v) is 5.49. The van der Waals surface area contributed by atoms with Crippen LogP contribution in [-0.4, -0.2) is 41.9 Å². The van der Waals surface area contributed by atoms with E-state index in [-0.39, 0.29) is 5.60 Å². The molecule has 6 nitrogen and oxygen atoms in total. The first kappa shape index (κ1) is 13.6. The maximum absolute atomic E-state index is 5.44. The van der Waals surface area contributed by atoms with Crippen molar-refractivity contribution in [2.45, 2.75) is 32.8 Å². The van der Waals surface area contributed by atoms with Crippen LogP contribution in [0.3, 0.4) is 0 Å². The van der Waals surface area contributed by atoms with Gasteiger partial charge < -0.3 is 15.1 Å². The molecule has 6 heteroatoms. The molecule has 1 atom stereocenters. The number of aryl methyl sites for hydroxylation is 1. The van der Waals surface area contributed by atoms with Crippen LogP contribution in [0, 0.1) is 6.92 Å². The Morgan fingerprint density at radius 2 is 2.16 bits per heavy atom. The van der Waals surface area contributed by atoms with E-state index in [4.69, 9.17) is 4.84 Å². The van der Waals surface area contributed by atoms with Crippen LogP contribution in [0.25, 0.3) is 0 Å². The first-order valence-electron chi connectivity index (χ1n) is 6.36. The highest BCUT2D eigenvalue weighted by Crippen LogP contribution is 2.24. The van der Waals surface area contributed by atoms with Crippen LogP contribution in [0.1, 0.15) is 25.8 Å². The molecule has 2 rings (SSSR count). The van der Waals surface area contributed by atoms with Crippen LogP contribution in [0.5, 0.6) is 0 Å². The molecule has 1 aliphatic rings. The van der Waals surface area contributed by atoms with E-state index >= 15 is 0 Å². The Balaban J connectivity index is 2.02.